The molecule has 5 nitrogen and oxygen atoms in total. The van der Waals surface area contributed by atoms with Crippen molar-refractivity contribution in [3.8, 4) is 0 Å². The smallest absolute Gasteiger partial charge is 0.191 e. The fourth-order valence-corrected chi connectivity index (χ4v) is 3.71. The van der Waals surface area contributed by atoms with E-state index in [1.807, 2.05) is 19.3 Å². The summed E-state index contributed by atoms with van der Waals surface area (Å²) in [7, 11) is 1.81. The van der Waals surface area contributed by atoms with Gasteiger partial charge in [0.05, 0.1) is 0 Å². The second kappa shape index (κ2) is 8.30. The number of halogens is 1. The number of aliphatic imine (C=N–C) groups is 1. The number of nitrogens with zero attached hydrogens (tertiary/aromatic N) is 2. The number of guanidine groups is 1. The van der Waals surface area contributed by atoms with Crippen LogP contribution in [0.3, 0.4) is 0 Å². The minimum atomic E-state index is -0.208. The van der Waals surface area contributed by atoms with Gasteiger partial charge in [0.25, 0.3) is 0 Å². The first-order valence-electron chi connectivity index (χ1n) is 10.2. The summed E-state index contributed by atoms with van der Waals surface area (Å²) in [5.74, 6) is 1.59. The van der Waals surface area contributed by atoms with Gasteiger partial charge in [-0.25, -0.2) is 4.39 Å². The second-order valence-electron chi connectivity index (χ2n) is 7.85. The van der Waals surface area contributed by atoms with Crippen molar-refractivity contribution in [2.45, 2.75) is 38.1 Å². The fourth-order valence-electron chi connectivity index (χ4n) is 3.71. The number of nitrogens with one attached hydrogen (secondary N) is 3. The van der Waals surface area contributed by atoms with Gasteiger partial charge in [-0.15, -0.1) is 0 Å². The molecular formula is C21H30FN5. The van der Waals surface area contributed by atoms with Gasteiger partial charge in [-0.3, -0.25) is 9.89 Å². The third-order valence-corrected chi connectivity index (χ3v) is 5.58. The van der Waals surface area contributed by atoms with Crippen LogP contribution in [0.1, 0.15) is 31.2 Å². The van der Waals surface area contributed by atoms with Crippen LogP contribution < -0.4 is 10.6 Å². The minimum absolute atomic E-state index is 0.208. The third kappa shape index (κ3) is 5.01. The Morgan fingerprint density at radius 2 is 2.04 bits per heavy atom. The highest BCUT2D eigenvalue weighted by Crippen LogP contribution is 2.34. The van der Waals surface area contributed by atoms with E-state index in [2.05, 4.69) is 25.5 Å². The molecule has 4 rings (SSSR count). The van der Waals surface area contributed by atoms with Crippen molar-refractivity contribution in [2.24, 2.45) is 10.9 Å². The van der Waals surface area contributed by atoms with Crippen LogP contribution >= 0.6 is 0 Å². The van der Waals surface area contributed by atoms with Gasteiger partial charge < -0.3 is 15.6 Å². The van der Waals surface area contributed by atoms with Crippen molar-refractivity contribution in [2.75, 3.05) is 33.2 Å². The molecule has 2 saturated carbocycles. The Hall–Kier alpha value is -2.08. The molecule has 0 amide bonds. The summed E-state index contributed by atoms with van der Waals surface area (Å²) in [5, 5.41) is 7.91. The molecule has 0 spiro atoms. The van der Waals surface area contributed by atoms with Crippen molar-refractivity contribution in [1.29, 1.82) is 0 Å². The Bertz CT molecular complexity index is 791. The summed E-state index contributed by atoms with van der Waals surface area (Å²) in [6.45, 7) is 4.09. The molecule has 1 aromatic heterocycles. The van der Waals surface area contributed by atoms with Crippen molar-refractivity contribution < 1.29 is 4.39 Å². The molecular weight excluding hydrogens is 341 g/mol. The molecule has 0 unspecified atom stereocenters. The van der Waals surface area contributed by atoms with E-state index >= 15 is 0 Å². The molecule has 2 aliphatic carbocycles. The average Bonchev–Trinajstić information content (AvgIpc) is 3.58. The number of aromatic amines is 1. The van der Waals surface area contributed by atoms with Crippen LogP contribution in [0.25, 0.3) is 10.9 Å². The minimum Gasteiger partial charge on any atom is -0.361 e. The summed E-state index contributed by atoms with van der Waals surface area (Å²) >= 11 is 0. The number of hydrogen-bond acceptors (Lipinski definition) is 2. The van der Waals surface area contributed by atoms with Crippen molar-refractivity contribution >= 4 is 16.9 Å². The number of H-pyrrole nitrogens is 1. The zero-order chi connectivity index (χ0) is 18.6. The quantitative estimate of drug-likeness (QED) is 0.469. The Morgan fingerprint density at radius 3 is 2.78 bits per heavy atom. The molecule has 2 aliphatic rings. The highest BCUT2D eigenvalue weighted by atomic mass is 19.1. The van der Waals surface area contributed by atoms with Crippen LogP contribution in [0.2, 0.25) is 0 Å². The van der Waals surface area contributed by atoms with E-state index in [1.165, 1.54) is 43.9 Å². The van der Waals surface area contributed by atoms with Crippen LogP contribution in [0.4, 0.5) is 4.39 Å². The predicted octanol–water partition coefficient (Wildman–Crippen LogP) is 2.89. The summed E-state index contributed by atoms with van der Waals surface area (Å²) in [6, 6.07) is 5.73. The summed E-state index contributed by atoms with van der Waals surface area (Å²) in [5.41, 5.74) is 2.04. The van der Waals surface area contributed by atoms with E-state index < -0.39 is 0 Å². The van der Waals surface area contributed by atoms with E-state index in [9.17, 15) is 4.39 Å². The number of rotatable bonds is 9. The van der Waals surface area contributed by atoms with E-state index in [4.69, 9.17) is 0 Å². The Morgan fingerprint density at radius 1 is 1.22 bits per heavy atom. The lowest BCUT2D eigenvalue weighted by molar-refractivity contribution is 0.256. The SMILES string of the molecule is CN=C(NCCc1c[nH]c2cc(F)ccc12)NCCN(CC1CC1)C1CC1. The first kappa shape index (κ1) is 18.3. The monoisotopic (exact) mass is 371 g/mol. The number of aromatic nitrogens is 1. The lowest BCUT2D eigenvalue weighted by Crippen LogP contribution is -2.43. The van der Waals surface area contributed by atoms with Gasteiger partial charge in [-0.2, -0.15) is 0 Å². The first-order chi connectivity index (χ1) is 13.2. The van der Waals surface area contributed by atoms with E-state index in [-0.39, 0.29) is 5.82 Å². The van der Waals surface area contributed by atoms with Crippen molar-refractivity contribution in [3.63, 3.8) is 0 Å². The maximum Gasteiger partial charge on any atom is 0.191 e. The normalized spacial score (nSPS) is 17.7. The molecule has 0 saturated heterocycles. The standard InChI is InChI=1S/C21H30FN5/c1-23-21(25-10-11-27(18-5-6-18)14-15-2-3-15)24-9-8-16-13-26-20-12-17(22)4-7-19(16)20/h4,7,12-13,15,18,26H,2-3,5-6,8-11,14H2,1H3,(H2,23,24,25). The molecule has 0 radical (unpaired) electrons. The van der Waals surface area contributed by atoms with Gasteiger partial charge in [0.2, 0.25) is 0 Å². The number of fused-ring (bicyclic) bond motifs is 1. The van der Waals surface area contributed by atoms with Crippen LogP contribution in [0.15, 0.2) is 29.4 Å². The largest absolute Gasteiger partial charge is 0.361 e. The summed E-state index contributed by atoms with van der Waals surface area (Å²) < 4.78 is 13.3. The molecule has 0 atom stereocenters. The molecule has 2 fully saturated rings. The predicted molar refractivity (Wildman–Crippen MR) is 109 cm³/mol. The van der Waals surface area contributed by atoms with Gasteiger partial charge in [-0.05, 0) is 61.8 Å². The summed E-state index contributed by atoms with van der Waals surface area (Å²) in [4.78, 5) is 10.1. The molecule has 27 heavy (non-hydrogen) atoms. The molecule has 146 valence electrons. The van der Waals surface area contributed by atoms with Crippen LogP contribution in [-0.2, 0) is 6.42 Å². The van der Waals surface area contributed by atoms with Crippen LogP contribution in [-0.4, -0.2) is 55.1 Å². The van der Waals surface area contributed by atoms with Gasteiger partial charge in [0.1, 0.15) is 5.82 Å². The van der Waals surface area contributed by atoms with E-state index in [0.717, 1.165) is 54.9 Å². The lowest BCUT2D eigenvalue weighted by atomic mass is 10.1. The molecule has 0 bridgehead atoms. The zero-order valence-electron chi connectivity index (χ0n) is 16.1. The van der Waals surface area contributed by atoms with Crippen LogP contribution in [0, 0.1) is 11.7 Å². The topological polar surface area (TPSA) is 55.5 Å². The molecule has 0 aliphatic heterocycles. The molecule has 1 aromatic carbocycles. The van der Waals surface area contributed by atoms with Gasteiger partial charge >= 0.3 is 0 Å². The number of hydrogen-bond donors (Lipinski definition) is 3. The maximum absolute atomic E-state index is 13.3. The summed E-state index contributed by atoms with van der Waals surface area (Å²) in [6.07, 6.45) is 8.40. The maximum atomic E-state index is 13.3. The average molecular weight is 372 g/mol. The van der Waals surface area contributed by atoms with Crippen LogP contribution in [0.5, 0.6) is 0 Å². The molecule has 2 aromatic rings. The lowest BCUT2D eigenvalue weighted by Gasteiger charge is -2.22. The Kier molecular flexibility index (Phi) is 5.62. The first-order valence-corrected chi connectivity index (χ1v) is 10.2. The van der Waals surface area contributed by atoms with Crippen molar-refractivity contribution in [1.82, 2.24) is 20.5 Å². The molecule has 6 heteroatoms. The fraction of sp³-hybridized carbons (Fsp3) is 0.571. The van der Waals surface area contributed by atoms with Gasteiger partial charge in [0.15, 0.2) is 5.96 Å². The zero-order valence-corrected chi connectivity index (χ0v) is 16.1. The van der Waals surface area contributed by atoms with Crippen molar-refractivity contribution in [3.05, 3.63) is 35.8 Å². The van der Waals surface area contributed by atoms with E-state index in [0.29, 0.717) is 0 Å². The molecule has 3 N–H and O–H groups in total. The second-order valence-corrected chi connectivity index (χ2v) is 7.85. The third-order valence-electron chi connectivity index (χ3n) is 5.58. The molecule has 1 heterocycles. The Balaban J connectivity index is 1.20. The number of benzene rings is 1. The van der Waals surface area contributed by atoms with Gasteiger partial charge in [0, 0.05) is 56.4 Å². The van der Waals surface area contributed by atoms with E-state index in [1.54, 1.807) is 6.07 Å². The highest BCUT2D eigenvalue weighted by Gasteiger charge is 2.33. The Labute approximate surface area is 160 Å². The van der Waals surface area contributed by atoms with Gasteiger partial charge in [-0.1, -0.05) is 0 Å². The highest BCUT2D eigenvalue weighted by molar-refractivity contribution is 5.83.